The maximum Gasteiger partial charge on any atom is 0.211 e. The molecule has 0 aromatic carbocycles. The Morgan fingerprint density at radius 2 is 1.76 bits per heavy atom. The molecule has 0 N–H and O–H groups in total. The smallest absolute Gasteiger partial charge is 0.211 e. The molecule has 17 heavy (non-hydrogen) atoms. The molecule has 0 spiro atoms. The van der Waals surface area contributed by atoms with Gasteiger partial charge in [0, 0.05) is 18.1 Å². The molecule has 1 aromatic heterocycles. The molecule has 1 rings (SSSR count). The van der Waals surface area contributed by atoms with Crippen LogP contribution in [0.5, 0.6) is 0 Å². The van der Waals surface area contributed by atoms with Crippen molar-refractivity contribution >= 4 is 21.4 Å². The number of aryl methyl sites for hydroxylation is 1. The van der Waals surface area contributed by atoms with E-state index >= 15 is 0 Å². The van der Waals surface area contributed by atoms with Crippen molar-refractivity contribution < 1.29 is 8.42 Å². The SMILES string of the molecule is CC.CC.Cc1csc(CN(C)S(C)(=O)=O)n1. The highest BCUT2D eigenvalue weighted by molar-refractivity contribution is 7.88. The van der Waals surface area contributed by atoms with Gasteiger partial charge in [-0.2, -0.15) is 4.31 Å². The highest BCUT2D eigenvalue weighted by Crippen LogP contribution is 2.11. The molecule has 0 unspecified atom stereocenters. The van der Waals surface area contributed by atoms with Crippen LogP contribution in [-0.2, 0) is 16.6 Å². The third-order valence-electron chi connectivity index (χ3n) is 1.59. The topological polar surface area (TPSA) is 50.3 Å². The lowest BCUT2D eigenvalue weighted by atomic mass is 10.6. The van der Waals surface area contributed by atoms with Gasteiger partial charge in [-0.1, -0.05) is 27.7 Å². The van der Waals surface area contributed by atoms with E-state index < -0.39 is 10.0 Å². The largest absolute Gasteiger partial charge is 0.245 e. The lowest BCUT2D eigenvalue weighted by Gasteiger charge is -2.11. The van der Waals surface area contributed by atoms with E-state index in [1.54, 1.807) is 7.05 Å². The van der Waals surface area contributed by atoms with Crippen LogP contribution in [0.1, 0.15) is 38.4 Å². The maximum atomic E-state index is 11.0. The summed E-state index contributed by atoms with van der Waals surface area (Å²) in [5.74, 6) is 0. The Balaban J connectivity index is 0. The molecule has 0 aliphatic carbocycles. The van der Waals surface area contributed by atoms with E-state index in [0.717, 1.165) is 10.7 Å². The first-order valence-electron chi connectivity index (χ1n) is 5.72. The zero-order valence-electron chi connectivity index (χ0n) is 11.8. The molecule has 4 nitrogen and oxygen atoms in total. The van der Waals surface area contributed by atoms with Crippen molar-refractivity contribution in [1.29, 1.82) is 0 Å². The van der Waals surface area contributed by atoms with Crippen molar-refractivity contribution in [2.75, 3.05) is 13.3 Å². The van der Waals surface area contributed by atoms with Gasteiger partial charge in [0.05, 0.1) is 12.8 Å². The molecule has 0 saturated carbocycles. The van der Waals surface area contributed by atoms with Gasteiger partial charge < -0.3 is 0 Å². The number of thiazole rings is 1. The molecule has 0 aliphatic heterocycles. The summed E-state index contributed by atoms with van der Waals surface area (Å²) >= 11 is 1.48. The van der Waals surface area contributed by atoms with Gasteiger partial charge in [0.2, 0.25) is 10.0 Å². The first-order valence-corrected chi connectivity index (χ1v) is 8.44. The van der Waals surface area contributed by atoms with Crippen molar-refractivity contribution in [2.24, 2.45) is 0 Å². The second kappa shape index (κ2) is 9.56. The molecule has 0 saturated heterocycles. The van der Waals surface area contributed by atoms with Crippen molar-refractivity contribution in [3.8, 4) is 0 Å². The van der Waals surface area contributed by atoms with E-state index in [9.17, 15) is 8.42 Å². The number of hydrogen-bond acceptors (Lipinski definition) is 4. The number of hydrogen-bond donors (Lipinski definition) is 0. The van der Waals surface area contributed by atoms with E-state index in [2.05, 4.69) is 4.98 Å². The number of sulfonamides is 1. The van der Waals surface area contributed by atoms with Crippen LogP contribution >= 0.6 is 11.3 Å². The molecule has 0 aliphatic rings. The Morgan fingerprint density at radius 3 is 2.06 bits per heavy atom. The summed E-state index contributed by atoms with van der Waals surface area (Å²) in [6.07, 6.45) is 1.19. The average molecular weight is 280 g/mol. The highest BCUT2D eigenvalue weighted by atomic mass is 32.2. The van der Waals surface area contributed by atoms with Crippen LogP contribution in [0, 0.1) is 6.92 Å². The zero-order chi connectivity index (χ0) is 14.1. The van der Waals surface area contributed by atoms with Crippen molar-refractivity contribution in [2.45, 2.75) is 41.2 Å². The van der Waals surface area contributed by atoms with Gasteiger partial charge in [0.1, 0.15) is 5.01 Å². The molecule has 0 fully saturated rings. The second-order valence-electron chi connectivity index (χ2n) is 2.90. The maximum absolute atomic E-state index is 11.0. The molecule has 0 atom stereocenters. The number of rotatable bonds is 3. The van der Waals surface area contributed by atoms with Crippen LogP contribution in [0.3, 0.4) is 0 Å². The van der Waals surface area contributed by atoms with Crippen LogP contribution in [-0.4, -0.2) is 31.0 Å². The first kappa shape index (κ1) is 18.9. The quantitative estimate of drug-likeness (QED) is 0.855. The van der Waals surface area contributed by atoms with E-state index in [-0.39, 0.29) is 0 Å². The molecule has 0 bridgehead atoms. The summed E-state index contributed by atoms with van der Waals surface area (Å²) in [5.41, 5.74) is 0.932. The normalized spacial score (nSPS) is 10.1. The van der Waals surface area contributed by atoms with E-state index in [1.807, 2.05) is 40.0 Å². The number of aromatic nitrogens is 1. The minimum absolute atomic E-state index is 0.358. The summed E-state index contributed by atoms with van der Waals surface area (Å²) in [7, 11) is -1.54. The third-order valence-corrected chi connectivity index (χ3v) is 3.80. The van der Waals surface area contributed by atoms with Gasteiger partial charge in [0.25, 0.3) is 0 Å². The highest BCUT2D eigenvalue weighted by Gasteiger charge is 2.12. The molecular formula is C11H24N2O2S2. The predicted molar refractivity (Wildman–Crippen MR) is 75.9 cm³/mol. The van der Waals surface area contributed by atoms with E-state index in [1.165, 1.54) is 21.9 Å². The van der Waals surface area contributed by atoms with E-state index in [4.69, 9.17) is 0 Å². The lowest BCUT2D eigenvalue weighted by Crippen LogP contribution is -2.24. The van der Waals surface area contributed by atoms with Crippen molar-refractivity contribution in [3.05, 3.63) is 16.1 Å². The van der Waals surface area contributed by atoms with Crippen LogP contribution in [0.2, 0.25) is 0 Å². The van der Waals surface area contributed by atoms with E-state index in [0.29, 0.717) is 6.54 Å². The summed E-state index contributed by atoms with van der Waals surface area (Å²) in [6.45, 7) is 10.2. The van der Waals surface area contributed by atoms with Gasteiger partial charge in [-0.25, -0.2) is 13.4 Å². The molecule has 0 amide bonds. The fraction of sp³-hybridized carbons (Fsp3) is 0.727. The first-order chi connectivity index (χ1) is 7.89. The third kappa shape index (κ3) is 8.29. The van der Waals surface area contributed by atoms with Crippen LogP contribution < -0.4 is 0 Å². The number of nitrogens with zero attached hydrogens (tertiary/aromatic N) is 2. The van der Waals surface area contributed by atoms with Gasteiger partial charge in [-0.3, -0.25) is 0 Å². The van der Waals surface area contributed by atoms with Crippen molar-refractivity contribution in [1.82, 2.24) is 9.29 Å². The summed E-state index contributed by atoms with van der Waals surface area (Å²) in [6, 6.07) is 0. The fourth-order valence-corrected chi connectivity index (χ4v) is 2.05. The minimum Gasteiger partial charge on any atom is -0.245 e. The Hall–Kier alpha value is -0.460. The van der Waals surface area contributed by atoms with Crippen LogP contribution in [0.15, 0.2) is 5.38 Å². The second-order valence-corrected chi connectivity index (χ2v) is 5.93. The Morgan fingerprint density at radius 1 is 1.29 bits per heavy atom. The van der Waals surface area contributed by atoms with Crippen molar-refractivity contribution in [3.63, 3.8) is 0 Å². The minimum atomic E-state index is -3.09. The Bertz CT molecular complexity index is 386. The molecule has 1 heterocycles. The Kier molecular flexibility index (Phi) is 10.6. The zero-order valence-corrected chi connectivity index (χ0v) is 13.4. The van der Waals surface area contributed by atoms with Gasteiger partial charge in [-0.05, 0) is 6.92 Å². The summed E-state index contributed by atoms with van der Waals surface area (Å²) < 4.78 is 23.4. The van der Waals surface area contributed by atoms with Crippen LogP contribution in [0.4, 0.5) is 0 Å². The molecule has 6 heteroatoms. The molecule has 0 radical (unpaired) electrons. The van der Waals surface area contributed by atoms with Gasteiger partial charge in [0.15, 0.2) is 0 Å². The summed E-state index contributed by atoms with van der Waals surface area (Å²) in [4.78, 5) is 4.18. The molecular weight excluding hydrogens is 256 g/mol. The summed E-state index contributed by atoms with van der Waals surface area (Å²) in [5, 5.41) is 2.73. The van der Waals surface area contributed by atoms with Gasteiger partial charge >= 0.3 is 0 Å². The fourth-order valence-electron chi connectivity index (χ4n) is 0.783. The Labute approximate surface area is 110 Å². The average Bonchev–Trinajstić information content (AvgIpc) is 2.68. The lowest BCUT2D eigenvalue weighted by molar-refractivity contribution is 0.471. The predicted octanol–water partition coefficient (Wildman–Crippen LogP) is 2.90. The van der Waals surface area contributed by atoms with Gasteiger partial charge in [-0.15, -0.1) is 11.3 Å². The monoisotopic (exact) mass is 280 g/mol. The molecule has 102 valence electrons. The van der Waals surface area contributed by atoms with Crippen LogP contribution in [0.25, 0.3) is 0 Å². The molecule has 1 aromatic rings. The standard InChI is InChI=1S/C7H12N2O2S2.2C2H6/c1-6-5-12-7(8-6)4-9(2)13(3,10)11;2*1-2/h5H,4H2,1-3H3;2*1-2H3.